The van der Waals surface area contributed by atoms with Crippen LogP contribution in [0.25, 0.3) is 5.69 Å². The molecule has 4 heteroatoms. The minimum Gasteiger partial charge on any atom is -0.494 e. The first kappa shape index (κ1) is 11.5. The van der Waals surface area contributed by atoms with Gasteiger partial charge in [0, 0.05) is 24.1 Å². The lowest BCUT2D eigenvalue weighted by atomic mass is 10.2. The second-order valence-electron chi connectivity index (χ2n) is 3.02. The van der Waals surface area contributed by atoms with E-state index in [1.54, 1.807) is 7.11 Å². The molecule has 0 saturated carbocycles. The van der Waals surface area contributed by atoms with E-state index < -0.39 is 0 Å². The van der Waals surface area contributed by atoms with Gasteiger partial charge in [0.05, 0.1) is 12.8 Å². The van der Waals surface area contributed by atoms with Gasteiger partial charge in [-0.3, -0.25) is 0 Å². The minimum atomic E-state index is 0. The van der Waals surface area contributed by atoms with Crippen molar-refractivity contribution < 1.29 is 4.74 Å². The lowest BCUT2D eigenvalue weighted by Crippen LogP contribution is -1.96. The molecule has 1 aromatic carbocycles. The molecule has 1 aromatic heterocycles. The van der Waals surface area contributed by atoms with E-state index in [0.29, 0.717) is 5.69 Å². The highest BCUT2D eigenvalue weighted by Gasteiger charge is 2.03. The maximum absolute atomic E-state index is 5.67. The molecule has 0 spiro atoms. The van der Waals surface area contributed by atoms with Gasteiger partial charge in [-0.05, 0) is 24.3 Å². The average Bonchev–Trinajstić information content (AvgIpc) is 2.70. The van der Waals surface area contributed by atoms with E-state index in [1.807, 2.05) is 47.3 Å². The Labute approximate surface area is 94.9 Å². The van der Waals surface area contributed by atoms with Gasteiger partial charge in [0.2, 0.25) is 0 Å². The number of rotatable bonds is 2. The van der Waals surface area contributed by atoms with Gasteiger partial charge < -0.3 is 15.0 Å². The van der Waals surface area contributed by atoms with Gasteiger partial charge in [0.1, 0.15) is 5.75 Å². The molecule has 0 aliphatic rings. The number of hydrogen-bond donors (Lipinski definition) is 1. The van der Waals surface area contributed by atoms with Crippen molar-refractivity contribution in [3.05, 3.63) is 42.7 Å². The topological polar surface area (TPSA) is 40.2 Å². The van der Waals surface area contributed by atoms with Crippen molar-refractivity contribution in [3.8, 4) is 11.4 Å². The average molecular weight is 225 g/mol. The SMILES string of the molecule is COc1cc(N)ccc1-n1cccc1.Cl. The molecule has 0 saturated heterocycles. The first-order valence-corrected chi connectivity index (χ1v) is 4.38. The van der Waals surface area contributed by atoms with Crippen molar-refractivity contribution >= 4 is 18.1 Å². The summed E-state index contributed by atoms with van der Waals surface area (Å²) >= 11 is 0. The molecule has 0 aliphatic heterocycles. The molecule has 80 valence electrons. The van der Waals surface area contributed by atoms with Crippen LogP contribution >= 0.6 is 12.4 Å². The standard InChI is InChI=1S/C11H12N2O.ClH/c1-14-11-8-9(12)4-5-10(11)13-6-2-3-7-13;/h2-8H,12H2,1H3;1H. The number of hydrogen-bond acceptors (Lipinski definition) is 2. The molecule has 3 nitrogen and oxygen atoms in total. The zero-order chi connectivity index (χ0) is 9.97. The summed E-state index contributed by atoms with van der Waals surface area (Å²) in [5, 5.41) is 0. The second-order valence-corrected chi connectivity index (χ2v) is 3.02. The van der Waals surface area contributed by atoms with Crippen LogP contribution in [-0.4, -0.2) is 11.7 Å². The van der Waals surface area contributed by atoms with Crippen LogP contribution in [0.3, 0.4) is 0 Å². The summed E-state index contributed by atoms with van der Waals surface area (Å²) in [5.74, 6) is 0.779. The number of anilines is 1. The summed E-state index contributed by atoms with van der Waals surface area (Å²) in [6.07, 6.45) is 3.93. The Balaban J connectivity index is 0.00000112. The molecule has 0 unspecified atom stereocenters. The minimum absolute atomic E-state index is 0. The van der Waals surface area contributed by atoms with E-state index >= 15 is 0 Å². The Morgan fingerprint density at radius 2 is 1.87 bits per heavy atom. The number of ether oxygens (including phenoxy) is 1. The third-order valence-electron chi connectivity index (χ3n) is 2.09. The van der Waals surface area contributed by atoms with E-state index in [9.17, 15) is 0 Å². The highest BCUT2D eigenvalue weighted by Crippen LogP contribution is 2.24. The zero-order valence-corrected chi connectivity index (χ0v) is 9.20. The van der Waals surface area contributed by atoms with E-state index in [0.717, 1.165) is 11.4 Å². The molecular weight excluding hydrogens is 212 g/mol. The lowest BCUT2D eigenvalue weighted by molar-refractivity contribution is 0.413. The number of methoxy groups -OCH3 is 1. The summed E-state index contributed by atoms with van der Waals surface area (Å²) < 4.78 is 7.23. The fourth-order valence-corrected chi connectivity index (χ4v) is 1.40. The van der Waals surface area contributed by atoms with Gasteiger partial charge in [-0.25, -0.2) is 0 Å². The smallest absolute Gasteiger partial charge is 0.144 e. The first-order chi connectivity index (χ1) is 6.81. The Bertz CT molecular complexity index is 426. The molecular formula is C11H13ClN2O. The molecule has 0 radical (unpaired) electrons. The van der Waals surface area contributed by atoms with Crippen molar-refractivity contribution in [1.82, 2.24) is 4.57 Å². The summed E-state index contributed by atoms with van der Waals surface area (Å²) in [4.78, 5) is 0. The summed E-state index contributed by atoms with van der Waals surface area (Å²) in [5.41, 5.74) is 7.37. The van der Waals surface area contributed by atoms with Crippen molar-refractivity contribution in [2.75, 3.05) is 12.8 Å². The fourth-order valence-electron chi connectivity index (χ4n) is 1.40. The van der Waals surface area contributed by atoms with Gasteiger partial charge in [0.25, 0.3) is 0 Å². The van der Waals surface area contributed by atoms with E-state index in [2.05, 4.69) is 0 Å². The van der Waals surface area contributed by atoms with Gasteiger partial charge in [-0.1, -0.05) is 0 Å². The van der Waals surface area contributed by atoms with Crippen molar-refractivity contribution in [2.24, 2.45) is 0 Å². The molecule has 2 aromatic rings. The van der Waals surface area contributed by atoms with Crippen LogP contribution in [0.4, 0.5) is 5.69 Å². The highest BCUT2D eigenvalue weighted by molar-refractivity contribution is 5.85. The van der Waals surface area contributed by atoms with Crippen molar-refractivity contribution in [1.29, 1.82) is 0 Å². The van der Waals surface area contributed by atoms with Crippen molar-refractivity contribution in [3.63, 3.8) is 0 Å². The number of halogens is 1. The first-order valence-electron chi connectivity index (χ1n) is 4.38. The molecule has 2 N–H and O–H groups in total. The molecule has 15 heavy (non-hydrogen) atoms. The Kier molecular flexibility index (Phi) is 3.63. The third kappa shape index (κ3) is 2.25. The maximum Gasteiger partial charge on any atom is 0.144 e. The zero-order valence-electron chi connectivity index (χ0n) is 8.38. The van der Waals surface area contributed by atoms with Crippen LogP contribution in [0.15, 0.2) is 42.7 Å². The van der Waals surface area contributed by atoms with Gasteiger partial charge in [-0.2, -0.15) is 0 Å². The number of aromatic nitrogens is 1. The molecule has 0 aliphatic carbocycles. The van der Waals surface area contributed by atoms with Crippen LogP contribution in [-0.2, 0) is 0 Å². The quantitative estimate of drug-likeness (QED) is 0.797. The predicted molar refractivity (Wildman–Crippen MR) is 64.0 cm³/mol. The molecule has 2 rings (SSSR count). The summed E-state index contributed by atoms with van der Waals surface area (Å²) in [6, 6.07) is 9.55. The maximum atomic E-state index is 5.67. The van der Waals surface area contributed by atoms with E-state index in [4.69, 9.17) is 10.5 Å². The molecule has 0 amide bonds. The van der Waals surface area contributed by atoms with Crippen LogP contribution in [0.5, 0.6) is 5.75 Å². The number of nitrogen functional groups attached to an aromatic ring is 1. The van der Waals surface area contributed by atoms with Crippen LogP contribution in [0.1, 0.15) is 0 Å². The predicted octanol–water partition coefficient (Wildman–Crippen LogP) is 2.49. The van der Waals surface area contributed by atoms with Crippen LogP contribution in [0, 0.1) is 0 Å². The molecule has 0 atom stereocenters. The summed E-state index contributed by atoms with van der Waals surface area (Å²) in [7, 11) is 1.64. The van der Waals surface area contributed by atoms with Crippen LogP contribution in [0.2, 0.25) is 0 Å². The summed E-state index contributed by atoms with van der Waals surface area (Å²) in [6.45, 7) is 0. The molecule has 0 fully saturated rings. The highest BCUT2D eigenvalue weighted by atomic mass is 35.5. The molecule has 1 heterocycles. The van der Waals surface area contributed by atoms with Gasteiger partial charge >= 0.3 is 0 Å². The monoisotopic (exact) mass is 224 g/mol. The van der Waals surface area contributed by atoms with Gasteiger partial charge in [0.15, 0.2) is 0 Å². The number of nitrogens with zero attached hydrogens (tertiary/aromatic N) is 1. The lowest BCUT2D eigenvalue weighted by Gasteiger charge is -2.09. The van der Waals surface area contributed by atoms with Gasteiger partial charge in [-0.15, -0.1) is 12.4 Å². The Morgan fingerprint density at radius 1 is 1.20 bits per heavy atom. The van der Waals surface area contributed by atoms with Crippen molar-refractivity contribution in [2.45, 2.75) is 0 Å². The van der Waals surface area contributed by atoms with E-state index in [1.165, 1.54) is 0 Å². The second kappa shape index (κ2) is 4.75. The van der Waals surface area contributed by atoms with E-state index in [-0.39, 0.29) is 12.4 Å². The largest absolute Gasteiger partial charge is 0.494 e. The third-order valence-corrected chi connectivity index (χ3v) is 2.09. The molecule has 0 bridgehead atoms. The normalized spacial score (nSPS) is 9.40. The number of nitrogens with two attached hydrogens (primary N) is 1. The fraction of sp³-hybridized carbons (Fsp3) is 0.0909. The Morgan fingerprint density at radius 3 is 2.47 bits per heavy atom. The Hall–Kier alpha value is -1.61. The van der Waals surface area contributed by atoms with Crippen LogP contribution < -0.4 is 10.5 Å². The number of benzene rings is 1.